The number of aliphatic carboxylic acids is 1. The van der Waals surface area contributed by atoms with Gasteiger partial charge in [0.15, 0.2) is 0 Å². The van der Waals surface area contributed by atoms with E-state index >= 15 is 0 Å². The third-order valence-electron chi connectivity index (χ3n) is 3.18. The predicted molar refractivity (Wildman–Crippen MR) is 98.7 cm³/mol. The largest absolute Gasteiger partial charge is 0.481 e. The number of rotatable bonds is 4. The highest BCUT2D eigenvalue weighted by Crippen LogP contribution is 2.39. The van der Waals surface area contributed by atoms with Gasteiger partial charge in [0.05, 0.1) is 20.0 Å². The summed E-state index contributed by atoms with van der Waals surface area (Å²) in [4.78, 5) is 21.3. The van der Waals surface area contributed by atoms with E-state index in [1.54, 1.807) is 24.3 Å². The van der Waals surface area contributed by atoms with Crippen molar-refractivity contribution < 1.29 is 19.4 Å². The van der Waals surface area contributed by atoms with Gasteiger partial charge in [-0.05, 0) is 11.6 Å². The summed E-state index contributed by atoms with van der Waals surface area (Å²) in [6.45, 7) is 0. The molecule has 0 spiro atoms. The van der Waals surface area contributed by atoms with Gasteiger partial charge in [-0.2, -0.15) is 0 Å². The average molecular weight is 436 g/mol. The van der Waals surface area contributed by atoms with Crippen LogP contribution in [0.4, 0.5) is 0 Å². The van der Waals surface area contributed by atoms with Crippen LogP contribution in [0, 0.1) is 5.92 Å². The summed E-state index contributed by atoms with van der Waals surface area (Å²) < 4.78 is 3.91. The number of esters is 1. The number of carboxylic acid groups (broad SMARTS) is 1. The van der Waals surface area contributed by atoms with Gasteiger partial charge in [0.2, 0.25) is 0 Å². The number of allylic oxidation sites excluding steroid dienone is 4. The molecule has 0 fully saturated rings. The van der Waals surface area contributed by atoms with Crippen LogP contribution >= 0.6 is 39.1 Å². The van der Waals surface area contributed by atoms with Crippen molar-refractivity contribution >= 4 is 51.1 Å². The number of hydrogen-bond donors (Lipinski definition) is 1. The van der Waals surface area contributed by atoms with E-state index in [0.29, 0.717) is 10.6 Å². The Balaban J connectivity index is 0.000000243. The average Bonchev–Trinajstić information content (AvgIpc) is 2.51. The molecular weight excluding hydrogens is 419 g/mol. The molecule has 0 aromatic heterocycles. The maximum atomic E-state index is 11.0. The van der Waals surface area contributed by atoms with Crippen molar-refractivity contribution in [2.45, 2.75) is 16.6 Å². The molecule has 24 heavy (non-hydrogen) atoms. The number of carbonyl (C=O) groups excluding carboxylic acids is 1. The standard InChI is InChI=1S/C9H10BrClO2.C8H7ClO2/c1-13-8(12)6-7-4-2-3-5-9(7,10)11;9-7-4-2-1-3-6(7)5-8(10)11/h2-5,7H,6H2,1H3;1-4H,5H2,(H,10,11). The number of methoxy groups -OCH3 is 1. The molecule has 0 heterocycles. The third-order valence-corrected chi connectivity index (χ3v) is 4.81. The van der Waals surface area contributed by atoms with E-state index in [4.69, 9.17) is 28.3 Å². The lowest BCUT2D eigenvalue weighted by Crippen LogP contribution is -2.25. The van der Waals surface area contributed by atoms with Crippen LogP contribution in [0.1, 0.15) is 12.0 Å². The Labute approximate surface area is 159 Å². The van der Waals surface area contributed by atoms with Crippen LogP contribution in [0.2, 0.25) is 5.02 Å². The molecule has 2 rings (SSSR count). The zero-order valence-corrected chi connectivity index (χ0v) is 16.0. The summed E-state index contributed by atoms with van der Waals surface area (Å²) >= 11 is 15.2. The van der Waals surface area contributed by atoms with Gasteiger partial charge in [-0.3, -0.25) is 9.59 Å². The molecule has 0 bridgehead atoms. The fourth-order valence-corrected chi connectivity index (χ4v) is 2.80. The molecule has 1 aliphatic rings. The lowest BCUT2D eigenvalue weighted by Gasteiger charge is -2.25. The summed E-state index contributed by atoms with van der Waals surface area (Å²) in [5, 5.41) is 8.94. The Hall–Kier alpha value is -1.30. The minimum Gasteiger partial charge on any atom is -0.481 e. The van der Waals surface area contributed by atoms with Crippen LogP contribution in [-0.2, 0) is 20.7 Å². The van der Waals surface area contributed by atoms with E-state index in [-0.39, 0.29) is 24.7 Å². The molecular formula is C17H17BrCl2O4. The molecule has 2 atom stereocenters. The molecule has 1 aromatic carbocycles. The second-order valence-corrected chi connectivity index (χ2v) is 7.77. The van der Waals surface area contributed by atoms with Crippen LogP contribution < -0.4 is 0 Å². The Morgan fingerprint density at radius 1 is 1.33 bits per heavy atom. The Kier molecular flexibility index (Phi) is 8.53. The first-order chi connectivity index (χ1) is 11.3. The Morgan fingerprint density at radius 2 is 2.00 bits per heavy atom. The maximum absolute atomic E-state index is 11.0. The van der Waals surface area contributed by atoms with Gasteiger partial charge < -0.3 is 9.84 Å². The number of benzene rings is 1. The van der Waals surface area contributed by atoms with E-state index < -0.39 is 9.75 Å². The van der Waals surface area contributed by atoms with Crippen molar-refractivity contribution in [1.29, 1.82) is 0 Å². The van der Waals surface area contributed by atoms with Crippen molar-refractivity contribution in [2.75, 3.05) is 7.11 Å². The van der Waals surface area contributed by atoms with Gasteiger partial charge in [0.25, 0.3) is 0 Å². The van der Waals surface area contributed by atoms with Gasteiger partial charge in [0.1, 0.15) is 3.78 Å². The number of ether oxygens (including phenoxy) is 1. The zero-order valence-electron chi connectivity index (χ0n) is 12.9. The topological polar surface area (TPSA) is 63.6 Å². The Bertz CT molecular complexity index is 641. The number of carboxylic acids is 1. The van der Waals surface area contributed by atoms with Crippen LogP contribution in [0.25, 0.3) is 0 Å². The van der Waals surface area contributed by atoms with Crippen LogP contribution in [0.3, 0.4) is 0 Å². The summed E-state index contributed by atoms with van der Waals surface area (Å²) in [7, 11) is 1.37. The minimum absolute atomic E-state index is 0.0142. The highest BCUT2D eigenvalue weighted by Gasteiger charge is 2.32. The van der Waals surface area contributed by atoms with Crippen LogP contribution in [0.5, 0.6) is 0 Å². The van der Waals surface area contributed by atoms with Crippen molar-refractivity contribution in [2.24, 2.45) is 5.92 Å². The van der Waals surface area contributed by atoms with Crippen molar-refractivity contribution in [3.63, 3.8) is 0 Å². The van der Waals surface area contributed by atoms with E-state index in [1.807, 2.05) is 24.3 Å². The Morgan fingerprint density at radius 3 is 2.54 bits per heavy atom. The molecule has 4 nitrogen and oxygen atoms in total. The minimum atomic E-state index is -0.863. The lowest BCUT2D eigenvalue weighted by atomic mass is 9.97. The molecule has 1 aliphatic carbocycles. The smallest absolute Gasteiger partial charge is 0.307 e. The number of hydrogen-bond acceptors (Lipinski definition) is 3. The molecule has 130 valence electrons. The quantitative estimate of drug-likeness (QED) is 0.554. The number of carbonyl (C=O) groups is 2. The van der Waals surface area contributed by atoms with Crippen molar-refractivity contribution in [3.8, 4) is 0 Å². The summed E-state index contributed by atoms with van der Waals surface area (Å²) in [6, 6.07) is 6.92. The van der Waals surface area contributed by atoms with E-state index in [1.165, 1.54) is 7.11 Å². The second kappa shape index (κ2) is 9.87. The molecule has 1 aromatic rings. The molecule has 0 saturated carbocycles. The normalized spacial score (nSPS) is 21.6. The summed E-state index contributed by atoms with van der Waals surface area (Å²) in [5.74, 6) is -1.18. The third kappa shape index (κ3) is 7.07. The first-order valence-corrected chi connectivity index (χ1v) is 8.57. The zero-order chi connectivity index (χ0) is 18.2. The second-order valence-electron chi connectivity index (χ2n) is 4.97. The van der Waals surface area contributed by atoms with Gasteiger partial charge in [-0.15, -0.1) is 11.6 Å². The summed E-state index contributed by atoms with van der Waals surface area (Å²) in [6.07, 6.45) is 7.68. The fraction of sp³-hybridized carbons (Fsp3) is 0.294. The maximum Gasteiger partial charge on any atom is 0.307 e. The van der Waals surface area contributed by atoms with E-state index in [9.17, 15) is 9.59 Å². The summed E-state index contributed by atoms with van der Waals surface area (Å²) in [5.41, 5.74) is 0.654. The molecule has 0 aliphatic heterocycles. The first-order valence-electron chi connectivity index (χ1n) is 7.02. The van der Waals surface area contributed by atoms with E-state index in [2.05, 4.69) is 20.7 Å². The first kappa shape index (κ1) is 20.7. The number of alkyl halides is 2. The van der Waals surface area contributed by atoms with Crippen LogP contribution in [-0.4, -0.2) is 27.9 Å². The molecule has 1 N–H and O–H groups in total. The lowest BCUT2D eigenvalue weighted by molar-refractivity contribution is -0.141. The van der Waals surface area contributed by atoms with Crippen molar-refractivity contribution in [1.82, 2.24) is 0 Å². The highest BCUT2D eigenvalue weighted by atomic mass is 79.9. The van der Waals surface area contributed by atoms with Crippen molar-refractivity contribution in [3.05, 3.63) is 59.2 Å². The van der Waals surface area contributed by atoms with Gasteiger partial charge >= 0.3 is 11.9 Å². The molecule has 7 heteroatoms. The van der Waals surface area contributed by atoms with E-state index in [0.717, 1.165) is 0 Å². The molecule has 0 radical (unpaired) electrons. The highest BCUT2D eigenvalue weighted by molar-refractivity contribution is 9.10. The van der Waals surface area contributed by atoms with Crippen LogP contribution in [0.15, 0.2) is 48.6 Å². The number of halogens is 3. The molecule has 0 saturated heterocycles. The van der Waals surface area contributed by atoms with Gasteiger partial charge in [-0.25, -0.2) is 0 Å². The molecule has 2 unspecified atom stereocenters. The predicted octanol–water partition coefficient (Wildman–Crippen LogP) is 4.59. The van der Waals surface area contributed by atoms with Gasteiger partial charge in [0, 0.05) is 10.9 Å². The molecule has 0 amide bonds. The monoisotopic (exact) mass is 434 g/mol. The van der Waals surface area contributed by atoms with Gasteiger partial charge in [-0.1, -0.05) is 70.0 Å². The SMILES string of the molecule is COC(=O)CC1C=CC=CC1(Cl)Br.O=C(O)Cc1ccccc1Cl. The fourth-order valence-electron chi connectivity index (χ4n) is 1.91.